The minimum Gasteiger partial charge on any atom is -0.832 e. The van der Waals surface area contributed by atoms with Gasteiger partial charge in [0, 0.05) is 0 Å². The summed E-state index contributed by atoms with van der Waals surface area (Å²) in [5.41, 5.74) is 0. The van der Waals surface area contributed by atoms with Gasteiger partial charge in [-0.05, 0) is 0 Å². The summed E-state index contributed by atoms with van der Waals surface area (Å²) in [4.78, 5) is 0. The van der Waals surface area contributed by atoms with Gasteiger partial charge in [0.1, 0.15) is 0 Å². The summed E-state index contributed by atoms with van der Waals surface area (Å²) < 4.78 is 0. The zero-order valence-electron chi connectivity index (χ0n) is 4.29. The van der Waals surface area contributed by atoms with Crippen LogP contribution < -0.4 is 56.4 Å². The second kappa shape index (κ2) is 15.8. The van der Waals surface area contributed by atoms with Crippen molar-refractivity contribution in [3.8, 4) is 0 Å². The molecule has 0 aromatic carbocycles. The summed E-state index contributed by atoms with van der Waals surface area (Å²) >= 11 is 0. The number of rotatable bonds is 0. The van der Waals surface area contributed by atoms with Gasteiger partial charge in [0.05, 0.1) is 0 Å². The second-order valence-electron chi connectivity index (χ2n) is 0.326. The van der Waals surface area contributed by atoms with E-state index in [1.807, 2.05) is 0 Å². The van der Waals surface area contributed by atoms with Crippen molar-refractivity contribution in [2.75, 3.05) is 0 Å². The van der Waals surface area contributed by atoms with Gasteiger partial charge in [-0.25, -0.2) is 0 Å². The first-order valence-corrected chi connectivity index (χ1v) is 0.752. The summed E-state index contributed by atoms with van der Waals surface area (Å²) in [7, 11) is -2.42. The van der Waals surface area contributed by atoms with E-state index < -0.39 is 7.32 Å². The van der Waals surface area contributed by atoms with E-state index in [1.54, 1.807) is 0 Å². The van der Waals surface area contributed by atoms with E-state index in [9.17, 15) is 0 Å². The first-order chi connectivity index (χ1) is 1.73. The predicted octanol–water partition coefficient (Wildman–Crippen LogP) is -5.56. The maximum absolute atomic E-state index is 8.64. The molecule has 0 aromatic rings. The molecule has 3 nitrogen and oxygen atoms in total. The smallest absolute Gasteiger partial charge is 0.832 e. The van der Waals surface area contributed by atoms with Crippen molar-refractivity contribution in [2.45, 2.75) is 0 Å². The fourth-order valence-corrected chi connectivity index (χ4v) is 0. The SMILES string of the molecule is P.P.[K+].[O-]B(O)O. The Morgan fingerprint density at radius 2 is 1.14 bits per heavy atom. The third-order valence-corrected chi connectivity index (χ3v) is 0. The molecule has 0 aliphatic rings. The fourth-order valence-electron chi connectivity index (χ4n) is 0. The van der Waals surface area contributed by atoms with Crippen LogP contribution in [0, 0.1) is 0 Å². The molecule has 40 valence electrons. The first kappa shape index (κ1) is 22.7. The molecule has 2 unspecified atom stereocenters. The van der Waals surface area contributed by atoms with E-state index in [1.165, 1.54) is 0 Å². The minimum atomic E-state index is -2.42. The van der Waals surface area contributed by atoms with Crippen LogP contribution in [0.2, 0.25) is 0 Å². The van der Waals surface area contributed by atoms with Gasteiger partial charge in [0.15, 0.2) is 0 Å². The molecule has 0 bridgehead atoms. The van der Waals surface area contributed by atoms with Crippen LogP contribution in [0.5, 0.6) is 0 Å². The Kier molecular flexibility index (Phi) is 51.2. The van der Waals surface area contributed by atoms with Crippen LogP contribution >= 0.6 is 19.8 Å². The van der Waals surface area contributed by atoms with Crippen LogP contribution in [0.1, 0.15) is 0 Å². The fraction of sp³-hybridized carbons (Fsp3) is 0. The number of hydrogen-bond donors (Lipinski definition) is 2. The van der Waals surface area contributed by atoms with Gasteiger partial charge in [0.25, 0.3) is 0 Å². The Labute approximate surface area is 92.1 Å². The zero-order valence-corrected chi connectivity index (χ0v) is 10.2. The Bertz CT molecular complexity index is 17.7. The van der Waals surface area contributed by atoms with E-state index in [2.05, 4.69) is 0 Å². The zero-order chi connectivity index (χ0) is 3.58. The van der Waals surface area contributed by atoms with E-state index in [0.29, 0.717) is 0 Å². The predicted molar refractivity (Wildman–Crippen MR) is 32.4 cm³/mol. The summed E-state index contributed by atoms with van der Waals surface area (Å²) in [6, 6.07) is 0. The van der Waals surface area contributed by atoms with Gasteiger partial charge < -0.3 is 15.1 Å². The van der Waals surface area contributed by atoms with Gasteiger partial charge >= 0.3 is 58.7 Å². The summed E-state index contributed by atoms with van der Waals surface area (Å²) in [6.45, 7) is 0. The quantitative estimate of drug-likeness (QED) is 0.280. The third-order valence-electron chi connectivity index (χ3n) is 0. The monoisotopic (exact) mass is 168 g/mol. The Hall–Kier alpha value is 2.44. The molecule has 0 amide bonds. The van der Waals surface area contributed by atoms with Gasteiger partial charge in [0.2, 0.25) is 0 Å². The average Bonchev–Trinajstić information content (AvgIpc) is 0.811. The van der Waals surface area contributed by atoms with Crippen LogP contribution in [0.3, 0.4) is 0 Å². The summed E-state index contributed by atoms with van der Waals surface area (Å²) in [6.07, 6.45) is 0. The average molecular weight is 168 g/mol. The molecule has 0 aliphatic carbocycles. The molecule has 0 saturated carbocycles. The Balaban J connectivity index is -0.0000000150. The molecule has 2 atom stereocenters. The maximum atomic E-state index is 8.64. The molecular weight excluding hydrogens is 160 g/mol. The van der Waals surface area contributed by atoms with Crippen molar-refractivity contribution in [1.29, 1.82) is 0 Å². The molecule has 7 heavy (non-hydrogen) atoms. The van der Waals surface area contributed by atoms with Crippen LogP contribution in [0.4, 0.5) is 0 Å². The van der Waals surface area contributed by atoms with Crippen LogP contribution in [0.25, 0.3) is 0 Å². The van der Waals surface area contributed by atoms with Crippen LogP contribution in [0.15, 0.2) is 0 Å². The Morgan fingerprint density at radius 1 is 1.14 bits per heavy atom. The minimum absolute atomic E-state index is 0. The molecular formula is H8BKO3P2. The van der Waals surface area contributed by atoms with Crippen molar-refractivity contribution in [1.82, 2.24) is 0 Å². The van der Waals surface area contributed by atoms with Gasteiger partial charge in [-0.3, -0.25) is 0 Å². The molecule has 0 radical (unpaired) electrons. The number of hydrogen-bond acceptors (Lipinski definition) is 3. The molecule has 0 rings (SSSR count). The maximum Gasteiger partial charge on any atom is 1.00 e. The Morgan fingerprint density at radius 3 is 1.14 bits per heavy atom. The van der Waals surface area contributed by atoms with E-state index in [0.717, 1.165) is 0 Å². The summed E-state index contributed by atoms with van der Waals surface area (Å²) in [5, 5.41) is 22.8. The molecule has 0 saturated heterocycles. The molecule has 0 aromatic heterocycles. The van der Waals surface area contributed by atoms with Crippen molar-refractivity contribution < 1.29 is 66.5 Å². The normalized spacial score (nSPS) is 3.86. The molecule has 0 spiro atoms. The van der Waals surface area contributed by atoms with Crippen molar-refractivity contribution in [3.63, 3.8) is 0 Å². The first-order valence-electron chi connectivity index (χ1n) is 0.752. The van der Waals surface area contributed by atoms with Crippen molar-refractivity contribution >= 4 is 27.1 Å². The topological polar surface area (TPSA) is 63.5 Å². The summed E-state index contributed by atoms with van der Waals surface area (Å²) in [5.74, 6) is 0. The standard InChI is InChI=1S/BH2O3.K.2H3P/c2-1(3)4;;;/h2-3H;;2*1H3/q-1;+1;;. The van der Waals surface area contributed by atoms with E-state index in [4.69, 9.17) is 15.1 Å². The van der Waals surface area contributed by atoms with Crippen molar-refractivity contribution in [2.24, 2.45) is 0 Å². The molecule has 0 heterocycles. The van der Waals surface area contributed by atoms with Crippen LogP contribution in [-0.2, 0) is 0 Å². The van der Waals surface area contributed by atoms with Crippen molar-refractivity contribution in [3.05, 3.63) is 0 Å². The van der Waals surface area contributed by atoms with Gasteiger partial charge in [-0.1, -0.05) is 0 Å². The van der Waals surface area contributed by atoms with Crippen LogP contribution in [-0.4, -0.2) is 17.4 Å². The molecule has 0 aliphatic heterocycles. The molecule has 2 N–H and O–H groups in total. The molecule has 0 fully saturated rings. The van der Waals surface area contributed by atoms with Gasteiger partial charge in [-0.2, -0.15) is 19.8 Å². The van der Waals surface area contributed by atoms with Gasteiger partial charge in [-0.15, -0.1) is 0 Å². The third kappa shape index (κ3) is 58.8. The van der Waals surface area contributed by atoms with E-state index in [-0.39, 0.29) is 71.2 Å². The second-order valence-corrected chi connectivity index (χ2v) is 0.326. The largest absolute Gasteiger partial charge is 1.00 e. The molecule has 7 heteroatoms. The van der Waals surface area contributed by atoms with E-state index >= 15 is 0 Å².